The van der Waals surface area contributed by atoms with E-state index < -0.39 is 0 Å². The summed E-state index contributed by atoms with van der Waals surface area (Å²) in [6.07, 6.45) is 11.8. The molecule has 1 saturated carbocycles. The van der Waals surface area contributed by atoms with Crippen LogP contribution in [0.25, 0.3) is 0 Å². The van der Waals surface area contributed by atoms with Crippen LogP contribution in [0.1, 0.15) is 73.8 Å². The molecule has 30 heavy (non-hydrogen) atoms. The maximum Gasteiger partial charge on any atom is 0.141 e. The quantitative estimate of drug-likeness (QED) is 0.586. The van der Waals surface area contributed by atoms with Crippen LogP contribution in [0.4, 0.5) is 0 Å². The van der Waals surface area contributed by atoms with Crippen molar-refractivity contribution in [3.63, 3.8) is 0 Å². The van der Waals surface area contributed by atoms with Gasteiger partial charge in [0.05, 0.1) is 5.60 Å². The van der Waals surface area contributed by atoms with Crippen molar-refractivity contribution in [2.75, 3.05) is 13.2 Å². The van der Waals surface area contributed by atoms with Crippen LogP contribution in [-0.4, -0.2) is 31.6 Å². The molecule has 2 aliphatic rings. The van der Waals surface area contributed by atoms with Crippen molar-refractivity contribution in [3.05, 3.63) is 58.9 Å². The van der Waals surface area contributed by atoms with Gasteiger partial charge in [0.15, 0.2) is 0 Å². The number of nitrogens with one attached hydrogen (secondary N) is 1. The van der Waals surface area contributed by atoms with E-state index in [1.54, 1.807) is 0 Å². The largest absolute Gasteiger partial charge is 0.375 e. The molecule has 1 spiro atoms. The third kappa shape index (κ3) is 4.65. The minimum atomic E-state index is 0.0796. The molecule has 4 rings (SSSR count). The van der Waals surface area contributed by atoms with E-state index in [-0.39, 0.29) is 11.0 Å². The average molecular weight is 404 g/mol. The zero-order chi connectivity index (χ0) is 21.0. The Bertz CT molecular complexity index is 839. The molecule has 1 aliphatic carbocycles. The third-order valence-corrected chi connectivity index (χ3v) is 7.68. The van der Waals surface area contributed by atoms with E-state index in [0.717, 1.165) is 39.0 Å². The van der Waals surface area contributed by atoms with Gasteiger partial charge >= 0.3 is 0 Å². The topological polar surface area (TPSA) is 34.1 Å². The molecule has 1 atom stereocenters. The lowest BCUT2D eigenvalue weighted by atomic mass is 9.65. The number of hydrogen-bond acceptors (Lipinski definition) is 3. The number of aromatic nitrogens is 1. The summed E-state index contributed by atoms with van der Waals surface area (Å²) in [5.74, 6) is 0. The molecule has 1 aromatic carbocycles. The van der Waals surface area contributed by atoms with Gasteiger partial charge in [0, 0.05) is 30.5 Å². The fraction of sp³-hybridized carbons (Fsp3) is 0.577. The number of ether oxygens (including phenoxy) is 1. The van der Waals surface area contributed by atoms with Crippen LogP contribution < -0.4 is 10.8 Å². The van der Waals surface area contributed by atoms with Gasteiger partial charge in [-0.1, -0.05) is 49.0 Å². The van der Waals surface area contributed by atoms with Gasteiger partial charge < -0.3 is 10.1 Å². The number of rotatable bonds is 6. The summed E-state index contributed by atoms with van der Waals surface area (Å²) < 4.78 is 6.46. The van der Waals surface area contributed by atoms with Crippen molar-refractivity contribution in [2.45, 2.75) is 82.8 Å². The molecule has 1 aliphatic heterocycles. The lowest BCUT2D eigenvalue weighted by Crippen LogP contribution is -2.49. The fourth-order valence-electron chi connectivity index (χ4n) is 5.63. The van der Waals surface area contributed by atoms with Gasteiger partial charge in [-0.2, -0.15) is 0 Å². The van der Waals surface area contributed by atoms with E-state index in [1.165, 1.54) is 60.0 Å². The second-order valence-corrected chi connectivity index (χ2v) is 9.81. The number of hydrogen-bond donors (Lipinski definition) is 1. The fourth-order valence-corrected chi connectivity index (χ4v) is 5.63. The summed E-state index contributed by atoms with van der Waals surface area (Å²) >= 11 is 0. The summed E-state index contributed by atoms with van der Waals surface area (Å²) in [6.45, 7) is 7.25. The Morgan fingerprint density at radius 2 is 1.90 bits per heavy atom. The molecular weight excluding hydrogens is 367 g/mol. The highest BCUT2D eigenvalue weighted by Crippen LogP contribution is 2.48. The van der Waals surface area contributed by atoms with Crippen molar-refractivity contribution in [1.29, 1.82) is 0 Å². The van der Waals surface area contributed by atoms with E-state index in [2.05, 4.69) is 57.3 Å². The van der Waals surface area contributed by atoms with Crippen LogP contribution in [0, 0.1) is 13.8 Å². The van der Waals surface area contributed by atoms with Gasteiger partial charge in [-0.15, -0.1) is 0 Å². The van der Waals surface area contributed by atoms with Crippen molar-refractivity contribution in [3.8, 4) is 0 Å². The first kappa shape index (κ1) is 21.6. The Kier molecular flexibility index (Phi) is 6.64. The van der Waals surface area contributed by atoms with Crippen LogP contribution in [0.2, 0.25) is 0 Å². The summed E-state index contributed by atoms with van der Waals surface area (Å²) in [5.41, 5.74) is 6.91. The molecule has 3 nitrogen and oxygen atoms in total. The van der Waals surface area contributed by atoms with Crippen molar-refractivity contribution in [2.24, 2.45) is 0 Å². The van der Waals surface area contributed by atoms with Gasteiger partial charge in [-0.05, 0) is 75.3 Å². The minimum absolute atomic E-state index is 0.0796. The Morgan fingerprint density at radius 3 is 2.67 bits per heavy atom. The smallest absolute Gasteiger partial charge is 0.141 e. The first-order valence-corrected chi connectivity index (χ1v) is 11.8. The van der Waals surface area contributed by atoms with Crippen LogP contribution in [-0.2, 0) is 16.7 Å². The van der Waals surface area contributed by atoms with Crippen LogP contribution in [0.3, 0.4) is 0 Å². The molecular formula is C26H37BN2O. The van der Waals surface area contributed by atoms with Crippen molar-refractivity contribution in [1.82, 2.24) is 10.3 Å². The summed E-state index contributed by atoms with van der Waals surface area (Å²) in [6, 6.07) is 11.1. The second-order valence-electron chi connectivity index (χ2n) is 9.81. The normalized spacial score (nSPS) is 23.5. The van der Waals surface area contributed by atoms with Crippen molar-refractivity contribution < 1.29 is 4.74 Å². The van der Waals surface area contributed by atoms with E-state index in [9.17, 15) is 0 Å². The predicted octanol–water partition coefficient (Wildman–Crippen LogP) is 3.89. The van der Waals surface area contributed by atoms with Crippen molar-refractivity contribution >= 4 is 13.3 Å². The van der Waals surface area contributed by atoms with E-state index in [1.807, 2.05) is 6.20 Å². The standard InChI is InChI=1S/C26H37BN2O/c1-20-7-6-8-22(21(20)2)17-28-15-13-25(24-10-9-23(27)18-29-24)14-16-30-26(19-25)11-4-3-5-12-26/h6-10,18,28H,3-5,11-17,19,27H2,1-2H3. The number of nitrogens with zero attached hydrogens (tertiary/aromatic N) is 1. The molecule has 1 N–H and O–H groups in total. The number of pyridine rings is 1. The van der Waals surface area contributed by atoms with Crippen LogP contribution in [0.15, 0.2) is 36.5 Å². The van der Waals surface area contributed by atoms with Gasteiger partial charge in [-0.25, -0.2) is 0 Å². The zero-order valence-electron chi connectivity index (χ0n) is 19.1. The molecule has 1 aromatic heterocycles. The van der Waals surface area contributed by atoms with Gasteiger partial charge in [0.25, 0.3) is 0 Å². The SMILES string of the molecule is Bc1ccc(C2(CCNCc3cccc(C)c3C)CCOC3(CCCCC3)C2)nc1. The maximum absolute atomic E-state index is 6.46. The van der Waals surface area contributed by atoms with Crippen LogP contribution in [0.5, 0.6) is 0 Å². The first-order chi connectivity index (χ1) is 14.5. The number of benzene rings is 1. The monoisotopic (exact) mass is 404 g/mol. The van der Waals surface area contributed by atoms with E-state index >= 15 is 0 Å². The molecule has 160 valence electrons. The molecule has 2 fully saturated rings. The summed E-state index contributed by atoms with van der Waals surface area (Å²) in [4.78, 5) is 4.93. The van der Waals surface area contributed by atoms with Gasteiger partial charge in [0.1, 0.15) is 7.85 Å². The summed E-state index contributed by atoms with van der Waals surface area (Å²) in [7, 11) is 2.13. The summed E-state index contributed by atoms with van der Waals surface area (Å²) in [5, 5.41) is 3.75. The Hall–Kier alpha value is -1.65. The number of aryl methyl sites for hydroxylation is 1. The average Bonchev–Trinajstić information content (AvgIpc) is 2.75. The highest BCUT2D eigenvalue weighted by atomic mass is 16.5. The molecule has 0 radical (unpaired) electrons. The predicted molar refractivity (Wildman–Crippen MR) is 127 cm³/mol. The third-order valence-electron chi connectivity index (χ3n) is 7.68. The lowest BCUT2D eigenvalue weighted by molar-refractivity contribution is -0.127. The van der Waals surface area contributed by atoms with Gasteiger partial charge in [0.2, 0.25) is 0 Å². The van der Waals surface area contributed by atoms with Gasteiger partial charge in [-0.3, -0.25) is 4.98 Å². The first-order valence-electron chi connectivity index (χ1n) is 11.8. The molecule has 1 saturated heterocycles. The minimum Gasteiger partial charge on any atom is -0.375 e. The maximum atomic E-state index is 6.46. The molecule has 4 heteroatoms. The molecule has 0 bridgehead atoms. The lowest BCUT2D eigenvalue weighted by Gasteiger charge is -2.49. The van der Waals surface area contributed by atoms with Crippen LogP contribution >= 0.6 is 0 Å². The highest BCUT2D eigenvalue weighted by Gasteiger charge is 2.47. The Balaban J connectivity index is 1.49. The molecule has 1 unspecified atom stereocenters. The molecule has 2 heterocycles. The second kappa shape index (κ2) is 9.24. The zero-order valence-corrected chi connectivity index (χ0v) is 19.1. The highest BCUT2D eigenvalue weighted by molar-refractivity contribution is 6.32. The molecule has 0 amide bonds. The Labute approximate surface area is 183 Å². The Morgan fingerprint density at radius 1 is 1.07 bits per heavy atom. The van der Waals surface area contributed by atoms with E-state index in [4.69, 9.17) is 9.72 Å². The van der Waals surface area contributed by atoms with E-state index in [0.29, 0.717) is 0 Å². The molecule has 2 aromatic rings.